The largest absolute Gasteiger partial charge is 0.460 e. The minimum Gasteiger partial charge on any atom is -0.195 e. The summed E-state index contributed by atoms with van der Waals surface area (Å²) in [5.74, 6) is -76.7. The molecule has 0 spiro atoms. The third kappa shape index (κ3) is 5.79. The highest BCUT2D eigenvalue weighted by molar-refractivity contribution is 14.1. The molecule has 0 bridgehead atoms. The van der Waals surface area contributed by atoms with Crippen LogP contribution < -0.4 is 0 Å². The molecule has 240 valence electrons. The Morgan fingerprint density at radius 1 is 0.450 bits per heavy atom. The maximum atomic E-state index is 13.9. The molecule has 0 heterocycles. The van der Waals surface area contributed by atoms with Crippen LogP contribution in [0.2, 0.25) is 0 Å². The van der Waals surface area contributed by atoms with Crippen molar-refractivity contribution in [1.29, 1.82) is 0 Å². The van der Waals surface area contributed by atoms with Crippen molar-refractivity contribution in [2.75, 3.05) is 0 Å². The zero-order valence-electron chi connectivity index (χ0n) is 18.9. The monoisotopic (exact) mass is 756 g/mol. The number of rotatable bonds is 14. The molecule has 0 aliphatic rings. The van der Waals surface area contributed by atoms with Crippen LogP contribution in [0.4, 0.5) is 92.2 Å². The molecule has 0 nitrogen and oxygen atoms in total. The van der Waals surface area contributed by atoms with Gasteiger partial charge in [0, 0.05) is 6.08 Å². The van der Waals surface area contributed by atoms with Gasteiger partial charge in [-0.15, -0.1) is 0 Å². The summed E-state index contributed by atoms with van der Waals surface area (Å²) < 4.78 is 279. The summed E-state index contributed by atoms with van der Waals surface area (Å²) >= 11 is 0.771. The van der Waals surface area contributed by atoms with Crippen LogP contribution in [0.1, 0.15) is 39.0 Å². The topological polar surface area (TPSA) is 0 Å². The van der Waals surface area contributed by atoms with Gasteiger partial charge < -0.3 is 0 Å². The summed E-state index contributed by atoms with van der Waals surface area (Å²) in [7, 11) is 0. The van der Waals surface area contributed by atoms with E-state index >= 15 is 0 Å². The first kappa shape index (κ1) is 39.0. The average Bonchev–Trinajstić information content (AvgIpc) is 2.74. The first-order chi connectivity index (χ1) is 17.2. The summed E-state index contributed by atoms with van der Waals surface area (Å²) in [4.78, 5) is 0. The summed E-state index contributed by atoms with van der Waals surface area (Å²) in [5.41, 5.74) is 0. The molecular weight excluding hydrogens is 742 g/mol. The Morgan fingerprint density at radius 3 is 1.05 bits per heavy atom. The van der Waals surface area contributed by atoms with Crippen molar-refractivity contribution in [3.05, 3.63) is 9.66 Å². The van der Waals surface area contributed by atoms with Gasteiger partial charge in [-0.2, -0.15) is 92.2 Å². The number of hydrogen-bond acceptors (Lipinski definition) is 0. The van der Waals surface area contributed by atoms with Gasteiger partial charge >= 0.3 is 59.5 Å². The van der Waals surface area contributed by atoms with Crippen LogP contribution in [-0.4, -0.2) is 59.5 Å². The van der Waals surface area contributed by atoms with E-state index in [0.29, 0.717) is 12.8 Å². The van der Waals surface area contributed by atoms with E-state index in [4.69, 9.17) is 0 Å². The molecular formula is C18H14F21I. The third-order valence-electron chi connectivity index (χ3n) is 5.14. The number of unbranched alkanes of at least 4 members (excludes halogenated alkanes) is 3. The summed E-state index contributed by atoms with van der Waals surface area (Å²) in [5, 5.41) is 0. The lowest BCUT2D eigenvalue weighted by atomic mass is 9.86. The second-order valence-corrected chi connectivity index (χ2v) is 9.50. The molecule has 0 rings (SSSR count). The highest BCUT2D eigenvalue weighted by Crippen LogP contribution is 2.66. The summed E-state index contributed by atoms with van der Waals surface area (Å²) in [6.07, 6.45) is -8.81. The van der Waals surface area contributed by atoms with Crippen molar-refractivity contribution >= 4 is 22.6 Å². The zero-order chi connectivity index (χ0) is 32.8. The molecule has 40 heavy (non-hydrogen) atoms. The van der Waals surface area contributed by atoms with Gasteiger partial charge in [-0.25, -0.2) is 0 Å². The van der Waals surface area contributed by atoms with Crippen molar-refractivity contribution in [1.82, 2.24) is 0 Å². The summed E-state index contributed by atoms with van der Waals surface area (Å²) in [6.45, 7) is 1.63. The molecule has 0 aliphatic carbocycles. The van der Waals surface area contributed by atoms with Gasteiger partial charge in [0.2, 0.25) is 0 Å². The number of allylic oxidation sites excluding steroid dienone is 2. The van der Waals surface area contributed by atoms with Gasteiger partial charge in [-0.1, -0.05) is 26.2 Å². The Morgan fingerprint density at radius 2 is 0.750 bits per heavy atom. The fraction of sp³-hybridized carbons (Fsp3) is 0.889. The second-order valence-electron chi connectivity index (χ2n) is 8.12. The average molecular weight is 756 g/mol. The number of halogens is 22. The Bertz CT molecular complexity index is 898. The molecule has 0 saturated heterocycles. The van der Waals surface area contributed by atoms with Crippen LogP contribution in [0, 0.1) is 0 Å². The van der Waals surface area contributed by atoms with Gasteiger partial charge in [-0.3, -0.25) is 0 Å². The molecule has 22 heteroatoms. The van der Waals surface area contributed by atoms with Crippen LogP contribution in [-0.2, 0) is 0 Å². The maximum absolute atomic E-state index is 13.9. The maximum Gasteiger partial charge on any atom is 0.460 e. The first-order valence-electron chi connectivity index (χ1n) is 10.0. The fourth-order valence-electron chi connectivity index (χ4n) is 2.65. The van der Waals surface area contributed by atoms with E-state index in [0.717, 1.165) is 22.6 Å². The Hall–Kier alpha value is -1.00. The first-order valence-corrected chi connectivity index (χ1v) is 11.1. The van der Waals surface area contributed by atoms with Crippen molar-refractivity contribution in [3.8, 4) is 0 Å². The van der Waals surface area contributed by atoms with Gasteiger partial charge in [0.05, 0.1) is 0 Å². The fourth-order valence-corrected chi connectivity index (χ4v) is 3.42. The van der Waals surface area contributed by atoms with E-state index in [1.807, 2.05) is 0 Å². The molecule has 0 unspecified atom stereocenters. The lowest BCUT2D eigenvalue weighted by Crippen LogP contribution is -2.76. The minimum absolute atomic E-state index is 0.118. The van der Waals surface area contributed by atoms with Crippen molar-refractivity contribution in [3.63, 3.8) is 0 Å². The highest BCUT2D eigenvalue weighted by atomic mass is 127. The van der Waals surface area contributed by atoms with Crippen LogP contribution in [0.5, 0.6) is 0 Å². The Labute approximate surface area is 223 Å². The summed E-state index contributed by atoms with van der Waals surface area (Å²) in [6, 6.07) is 0. The number of hydrogen-bond donors (Lipinski definition) is 0. The lowest BCUT2D eigenvalue weighted by molar-refractivity contribution is -0.473. The highest BCUT2D eigenvalue weighted by Gasteiger charge is 2.97. The normalized spacial score (nSPS) is 16.5. The molecule has 0 fully saturated rings. The zero-order valence-corrected chi connectivity index (χ0v) is 21.1. The predicted molar refractivity (Wildman–Crippen MR) is 101 cm³/mol. The predicted octanol–water partition coefficient (Wildman–Crippen LogP) is 10.6. The minimum atomic E-state index is -9.15. The molecule has 0 radical (unpaired) electrons. The van der Waals surface area contributed by atoms with Crippen molar-refractivity contribution in [2.24, 2.45) is 0 Å². The molecule has 0 aromatic heterocycles. The molecule has 0 amide bonds. The molecule has 0 aromatic carbocycles. The smallest absolute Gasteiger partial charge is 0.195 e. The SMILES string of the molecule is CCCCCC/C(I)=C/C(F)(F)C(F)(F)C(F)(F)C(F)(F)C(F)(F)C(F)(F)C(F)(F)C(F)(F)C(F)(F)C(F)(F)F. The third-order valence-corrected chi connectivity index (χ3v) is 5.99. The van der Waals surface area contributed by atoms with Crippen LogP contribution in [0.3, 0.4) is 0 Å². The van der Waals surface area contributed by atoms with E-state index in [2.05, 4.69) is 0 Å². The standard InChI is InChI=1S/C18H14F21I/c1-2-3-4-5-6-8(40)7-9(19,20)10(21,22)11(23,24)12(25,26)13(27,28)14(29,30)15(31,32)16(33,34)17(35,36)18(37,38)39/h7H,2-6H2,1H3/b8-7-. The van der Waals surface area contributed by atoms with E-state index < -0.39 is 75.6 Å². The van der Waals surface area contributed by atoms with Crippen LogP contribution >= 0.6 is 22.6 Å². The quantitative estimate of drug-likeness (QED) is 0.0941. The molecule has 0 atom stereocenters. The van der Waals surface area contributed by atoms with Crippen LogP contribution in [0.25, 0.3) is 0 Å². The van der Waals surface area contributed by atoms with Gasteiger partial charge in [0.15, 0.2) is 0 Å². The van der Waals surface area contributed by atoms with E-state index in [-0.39, 0.29) is 12.8 Å². The molecule has 0 aromatic rings. The van der Waals surface area contributed by atoms with Crippen molar-refractivity contribution in [2.45, 2.75) is 98.5 Å². The van der Waals surface area contributed by atoms with E-state index in [1.165, 1.54) is 0 Å². The Kier molecular flexibility index (Phi) is 11.0. The molecule has 0 aliphatic heterocycles. The lowest BCUT2D eigenvalue weighted by Gasteiger charge is -2.44. The van der Waals surface area contributed by atoms with Gasteiger partial charge in [0.25, 0.3) is 0 Å². The second kappa shape index (κ2) is 11.3. The molecule has 0 N–H and O–H groups in total. The van der Waals surface area contributed by atoms with Gasteiger partial charge in [-0.05, 0) is 39.0 Å². The van der Waals surface area contributed by atoms with Crippen LogP contribution in [0.15, 0.2) is 9.66 Å². The number of alkyl halides is 21. The van der Waals surface area contributed by atoms with E-state index in [9.17, 15) is 92.2 Å². The van der Waals surface area contributed by atoms with Crippen molar-refractivity contribution < 1.29 is 92.2 Å². The molecule has 0 saturated carbocycles. The van der Waals surface area contributed by atoms with Gasteiger partial charge in [0.1, 0.15) is 0 Å². The van der Waals surface area contributed by atoms with E-state index in [1.54, 1.807) is 6.92 Å². The Balaban J connectivity index is 6.85.